The average molecular weight is 131 g/mol. The molecule has 1 atom stereocenters. The molecule has 9 heavy (non-hydrogen) atoms. The zero-order chi connectivity index (χ0) is 6.91. The van der Waals surface area contributed by atoms with Crippen molar-refractivity contribution in [3.8, 4) is 0 Å². The third-order valence-electron chi connectivity index (χ3n) is 2.02. The molecule has 0 radical (unpaired) electrons. The second kappa shape index (κ2) is 2.25. The number of rotatable bonds is 2. The van der Waals surface area contributed by atoms with Crippen molar-refractivity contribution in [2.75, 3.05) is 20.2 Å². The minimum Gasteiger partial charge on any atom is -0.390 e. The van der Waals surface area contributed by atoms with E-state index in [0.29, 0.717) is 0 Å². The van der Waals surface area contributed by atoms with Gasteiger partial charge in [-0.05, 0) is 6.92 Å². The van der Waals surface area contributed by atoms with Crippen molar-refractivity contribution in [2.45, 2.75) is 18.6 Å². The summed E-state index contributed by atoms with van der Waals surface area (Å²) in [6.45, 7) is 3.28. The molecule has 0 saturated carbocycles. The highest BCUT2D eigenvalue weighted by Crippen LogP contribution is 2.19. The molecule has 1 rings (SSSR count). The Hall–Kier alpha value is -0.120. The lowest BCUT2D eigenvalue weighted by molar-refractivity contribution is -0.125. The zero-order valence-corrected chi connectivity index (χ0v) is 5.85. The maximum absolute atomic E-state index is 9.16. The van der Waals surface area contributed by atoms with Gasteiger partial charge in [0.05, 0.1) is 6.10 Å². The van der Waals surface area contributed by atoms with Gasteiger partial charge in [0, 0.05) is 20.2 Å². The van der Waals surface area contributed by atoms with Gasteiger partial charge >= 0.3 is 0 Å². The first-order valence-corrected chi connectivity index (χ1v) is 3.15. The van der Waals surface area contributed by atoms with Crippen LogP contribution in [0.15, 0.2) is 0 Å². The van der Waals surface area contributed by atoms with Gasteiger partial charge < -0.3 is 15.2 Å². The van der Waals surface area contributed by atoms with Crippen LogP contribution in [0.25, 0.3) is 0 Å². The van der Waals surface area contributed by atoms with Crippen molar-refractivity contribution in [3.63, 3.8) is 0 Å². The fourth-order valence-corrected chi connectivity index (χ4v) is 0.982. The van der Waals surface area contributed by atoms with E-state index in [-0.39, 0.29) is 11.7 Å². The molecule has 0 aromatic carbocycles. The maximum Gasteiger partial charge on any atom is 0.118 e. The highest BCUT2D eigenvalue weighted by atomic mass is 16.5. The van der Waals surface area contributed by atoms with E-state index in [2.05, 4.69) is 5.32 Å². The van der Waals surface area contributed by atoms with Gasteiger partial charge in [0.1, 0.15) is 5.60 Å². The van der Waals surface area contributed by atoms with Crippen LogP contribution in [-0.4, -0.2) is 37.0 Å². The molecule has 0 aliphatic carbocycles. The molecule has 0 aromatic rings. The molecule has 1 saturated heterocycles. The zero-order valence-electron chi connectivity index (χ0n) is 5.85. The third-order valence-corrected chi connectivity index (χ3v) is 2.02. The van der Waals surface area contributed by atoms with Crippen LogP contribution in [0, 0.1) is 0 Å². The fraction of sp³-hybridized carbons (Fsp3) is 1.00. The van der Waals surface area contributed by atoms with E-state index in [1.165, 1.54) is 0 Å². The first-order chi connectivity index (χ1) is 4.21. The Labute approximate surface area is 55.0 Å². The number of hydrogen-bond donors (Lipinski definition) is 2. The van der Waals surface area contributed by atoms with Gasteiger partial charge in [-0.25, -0.2) is 0 Å². The Morgan fingerprint density at radius 2 is 2.22 bits per heavy atom. The molecule has 1 heterocycles. The number of nitrogens with one attached hydrogen (secondary N) is 1. The Kier molecular flexibility index (Phi) is 1.75. The molecule has 0 amide bonds. The summed E-state index contributed by atoms with van der Waals surface area (Å²) in [5.41, 5.74) is -0.292. The lowest BCUT2D eigenvalue weighted by atomic mass is 9.91. The Morgan fingerprint density at radius 3 is 2.22 bits per heavy atom. The van der Waals surface area contributed by atoms with Gasteiger partial charge in [0.2, 0.25) is 0 Å². The maximum atomic E-state index is 9.16. The first-order valence-electron chi connectivity index (χ1n) is 3.15. The van der Waals surface area contributed by atoms with Crippen LogP contribution in [0.1, 0.15) is 6.92 Å². The molecule has 1 aliphatic rings. The van der Waals surface area contributed by atoms with Crippen LogP contribution >= 0.6 is 0 Å². The lowest BCUT2D eigenvalue weighted by Gasteiger charge is -2.43. The van der Waals surface area contributed by atoms with Crippen molar-refractivity contribution >= 4 is 0 Å². The number of aliphatic hydroxyl groups excluding tert-OH is 1. The molecule has 0 bridgehead atoms. The van der Waals surface area contributed by atoms with Crippen LogP contribution in [0.2, 0.25) is 0 Å². The van der Waals surface area contributed by atoms with Crippen LogP contribution in [0.4, 0.5) is 0 Å². The monoisotopic (exact) mass is 131 g/mol. The van der Waals surface area contributed by atoms with E-state index < -0.39 is 0 Å². The number of aliphatic hydroxyl groups is 1. The standard InChI is InChI=1S/C6H13NO2/c1-5(8)6(9-2)3-7-4-6/h5,7-8H,3-4H2,1-2H3. The number of ether oxygens (including phenoxy) is 1. The van der Waals surface area contributed by atoms with Crippen molar-refractivity contribution in [1.82, 2.24) is 5.32 Å². The predicted octanol–water partition coefficient (Wildman–Crippen LogP) is -0.644. The molecule has 54 valence electrons. The van der Waals surface area contributed by atoms with Gasteiger partial charge in [-0.3, -0.25) is 0 Å². The Bertz CT molecular complexity index is 93.7. The second-order valence-corrected chi connectivity index (χ2v) is 2.55. The summed E-state index contributed by atoms with van der Waals surface area (Å²) in [5.74, 6) is 0. The van der Waals surface area contributed by atoms with E-state index in [1.807, 2.05) is 0 Å². The van der Waals surface area contributed by atoms with Gasteiger partial charge in [-0.2, -0.15) is 0 Å². The molecule has 1 fully saturated rings. The van der Waals surface area contributed by atoms with Crippen molar-refractivity contribution < 1.29 is 9.84 Å². The Morgan fingerprint density at radius 1 is 1.67 bits per heavy atom. The van der Waals surface area contributed by atoms with Crippen LogP contribution < -0.4 is 5.32 Å². The summed E-state index contributed by atoms with van der Waals surface area (Å²) >= 11 is 0. The molecular weight excluding hydrogens is 118 g/mol. The average Bonchev–Trinajstić information content (AvgIpc) is 1.62. The molecular formula is C6H13NO2. The van der Waals surface area contributed by atoms with Gasteiger partial charge in [0.25, 0.3) is 0 Å². The van der Waals surface area contributed by atoms with E-state index in [4.69, 9.17) is 9.84 Å². The molecule has 2 N–H and O–H groups in total. The van der Waals surface area contributed by atoms with E-state index in [9.17, 15) is 0 Å². The fourth-order valence-electron chi connectivity index (χ4n) is 0.982. The number of methoxy groups -OCH3 is 1. The summed E-state index contributed by atoms with van der Waals surface area (Å²) < 4.78 is 5.12. The van der Waals surface area contributed by atoms with E-state index >= 15 is 0 Å². The first kappa shape index (κ1) is 6.99. The van der Waals surface area contributed by atoms with E-state index in [1.54, 1.807) is 14.0 Å². The number of hydrogen-bond acceptors (Lipinski definition) is 3. The molecule has 1 unspecified atom stereocenters. The smallest absolute Gasteiger partial charge is 0.118 e. The van der Waals surface area contributed by atoms with Crippen LogP contribution in [0.5, 0.6) is 0 Å². The summed E-state index contributed by atoms with van der Waals surface area (Å²) in [7, 11) is 1.63. The highest BCUT2D eigenvalue weighted by Gasteiger charge is 2.41. The third kappa shape index (κ3) is 0.956. The molecule has 3 nitrogen and oxygen atoms in total. The van der Waals surface area contributed by atoms with Crippen LogP contribution in [-0.2, 0) is 4.74 Å². The molecule has 1 aliphatic heterocycles. The SMILES string of the molecule is COC1(C(C)O)CNC1. The normalized spacial score (nSPS) is 27.0. The topological polar surface area (TPSA) is 41.5 Å². The van der Waals surface area contributed by atoms with Crippen molar-refractivity contribution in [2.24, 2.45) is 0 Å². The predicted molar refractivity (Wildman–Crippen MR) is 34.3 cm³/mol. The minimum absolute atomic E-state index is 0.292. The van der Waals surface area contributed by atoms with E-state index in [0.717, 1.165) is 13.1 Å². The van der Waals surface area contributed by atoms with Gasteiger partial charge in [-0.1, -0.05) is 0 Å². The summed E-state index contributed by atoms with van der Waals surface area (Å²) in [6, 6.07) is 0. The quantitative estimate of drug-likeness (QED) is 0.523. The van der Waals surface area contributed by atoms with Gasteiger partial charge in [0.15, 0.2) is 0 Å². The molecule has 0 spiro atoms. The van der Waals surface area contributed by atoms with Crippen molar-refractivity contribution in [1.29, 1.82) is 0 Å². The van der Waals surface area contributed by atoms with Crippen molar-refractivity contribution in [3.05, 3.63) is 0 Å². The molecule has 3 heteroatoms. The minimum atomic E-state index is -0.372. The Balaban J connectivity index is 2.46. The highest BCUT2D eigenvalue weighted by molar-refractivity contribution is 4.98. The second-order valence-electron chi connectivity index (χ2n) is 2.55. The largest absolute Gasteiger partial charge is 0.390 e. The summed E-state index contributed by atoms with van der Waals surface area (Å²) in [4.78, 5) is 0. The van der Waals surface area contributed by atoms with Crippen LogP contribution in [0.3, 0.4) is 0 Å². The lowest BCUT2D eigenvalue weighted by Crippen LogP contribution is -2.66. The summed E-state index contributed by atoms with van der Waals surface area (Å²) in [6.07, 6.45) is -0.372. The van der Waals surface area contributed by atoms with Gasteiger partial charge in [-0.15, -0.1) is 0 Å². The summed E-state index contributed by atoms with van der Waals surface area (Å²) in [5, 5.41) is 12.2. The molecule has 0 aromatic heterocycles.